The van der Waals surface area contributed by atoms with Crippen LogP contribution in [0.15, 0.2) is 60.7 Å². The van der Waals surface area contributed by atoms with E-state index < -0.39 is 0 Å². The fraction of sp³-hybridized carbons (Fsp3) is 0.292. The topological polar surface area (TPSA) is 52.6 Å². The van der Waals surface area contributed by atoms with Gasteiger partial charge in [-0.2, -0.15) is 0 Å². The smallest absolute Gasteiger partial charge is 0.209 e. The van der Waals surface area contributed by atoms with Crippen LogP contribution in [-0.2, 0) is 17.8 Å². The molecule has 2 aliphatic rings. The zero-order chi connectivity index (χ0) is 20.3. The Morgan fingerprint density at radius 1 is 0.733 bits per heavy atom. The number of anilines is 2. The lowest BCUT2D eigenvalue weighted by molar-refractivity contribution is -0.118. The Hall–Kier alpha value is -3.41. The molecule has 0 aliphatic carbocycles. The summed E-state index contributed by atoms with van der Waals surface area (Å²) in [6.07, 6.45) is 1.96. The summed E-state index contributed by atoms with van der Waals surface area (Å²) in [5, 5.41) is 0. The van der Waals surface area contributed by atoms with Crippen LogP contribution in [0, 0.1) is 0 Å². The molecule has 0 unspecified atom stereocenters. The molecule has 1 amide bonds. The number of fused-ring (bicyclic) bond motifs is 1. The number of hydrogen-bond donors (Lipinski definition) is 0. The maximum Gasteiger partial charge on any atom is 0.209 e. The minimum Gasteiger partial charge on any atom is -0.353 e. The first-order chi connectivity index (χ1) is 14.8. The molecule has 6 nitrogen and oxygen atoms in total. The molecule has 0 N–H and O–H groups in total. The summed E-state index contributed by atoms with van der Waals surface area (Å²) >= 11 is 0. The number of carbonyl (C=O) groups excluding carboxylic acids is 1. The molecule has 1 fully saturated rings. The second kappa shape index (κ2) is 8.14. The van der Waals surface area contributed by atoms with E-state index in [1.807, 2.05) is 23.1 Å². The van der Waals surface area contributed by atoms with Crippen molar-refractivity contribution in [2.24, 2.45) is 0 Å². The van der Waals surface area contributed by atoms with Gasteiger partial charge in [-0.25, -0.2) is 9.97 Å². The van der Waals surface area contributed by atoms with E-state index in [9.17, 15) is 4.79 Å². The van der Waals surface area contributed by atoms with E-state index in [1.165, 1.54) is 11.1 Å². The first kappa shape index (κ1) is 18.6. The first-order valence-corrected chi connectivity index (χ1v) is 10.5. The molecule has 2 aliphatic heterocycles. The molecular weight excluding hydrogens is 374 g/mol. The van der Waals surface area contributed by atoms with E-state index in [2.05, 4.69) is 52.3 Å². The standard InChI is InChI=1S/C24H25N5O/c30-18-27-12-14-28(15-13-27)22-16-23(26-24(25-22)20-7-2-1-3-8-20)29-11-10-19-6-4-5-9-21(19)17-29/h1-9,16,18H,10-15,17H2. The summed E-state index contributed by atoms with van der Waals surface area (Å²) in [7, 11) is 0. The van der Waals surface area contributed by atoms with Crippen LogP contribution in [0.1, 0.15) is 11.1 Å². The van der Waals surface area contributed by atoms with Crippen molar-refractivity contribution in [3.8, 4) is 11.4 Å². The molecule has 30 heavy (non-hydrogen) atoms. The number of nitrogens with zero attached hydrogens (tertiary/aromatic N) is 5. The summed E-state index contributed by atoms with van der Waals surface area (Å²) in [5.74, 6) is 2.65. The second-order valence-electron chi connectivity index (χ2n) is 7.84. The fourth-order valence-electron chi connectivity index (χ4n) is 4.21. The van der Waals surface area contributed by atoms with Crippen LogP contribution >= 0.6 is 0 Å². The lowest BCUT2D eigenvalue weighted by Crippen LogP contribution is -2.46. The molecule has 152 valence electrons. The van der Waals surface area contributed by atoms with E-state index in [0.717, 1.165) is 75.1 Å². The van der Waals surface area contributed by atoms with Gasteiger partial charge >= 0.3 is 0 Å². The van der Waals surface area contributed by atoms with Gasteiger partial charge in [0.25, 0.3) is 0 Å². The Bertz CT molecular complexity index is 1030. The van der Waals surface area contributed by atoms with Crippen molar-refractivity contribution >= 4 is 18.0 Å². The molecular formula is C24H25N5O. The van der Waals surface area contributed by atoms with Gasteiger partial charge in [-0.05, 0) is 17.5 Å². The Morgan fingerprint density at radius 3 is 2.13 bits per heavy atom. The van der Waals surface area contributed by atoms with Gasteiger partial charge < -0.3 is 14.7 Å². The van der Waals surface area contributed by atoms with Crippen molar-refractivity contribution in [2.75, 3.05) is 42.5 Å². The van der Waals surface area contributed by atoms with Crippen LogP contribution in [0.2, 0.25) is 0 Å². The van der Waals surface area contributed by atoms with Gasteiger partial charge in [-0.3, -0.25) is 4.79 Å². The SMILES string of the molecule is O=CN1CCN(c2cc(N3CCc4ccccc4C3)nc(-c3ccccc3)n2)CC1. The number of aromatic nitrogens is 2. The number of rotatable bonds is 4. The van der Waals surface area contributed by atoms with E-state index in [4.69, 9.17) is 9.97 Å². The van der Waals surface area contributed by atoms with Crippen LogP contribution in [0.25, 0.3) is 11.4 Å². The van der Waals surface area contributed by atoms with Crippen LogP contribution < -0.4 is 9.80 Å². The maximum atomic E-state index is 11.1. The number of hydrogen-bond acceptors (Lipinski definition) is 5. The number of benzene rings is 2. The molecule has 0 radical (unpaired) electrons. The molecule has 0 saturated carbocycles. The fourth-order valence-corrected chi connectivity index (χ4v) is 4.21. The molecule has 3 aromatic rings. The molecule has 0 bridgehead atoms. The third-order valence-corrected chi connectivity index (χ3v) is 5.97. The lowest BCUT2D eigenvalue weighted by atomic mass is 10.00. The number of carbonyl (C=O) groups is 1. The predicted molar refractivity (Wildman–Crippen MR) is 119 cm³/mol. The molecule has 3 heterocycles. The van der Waals surface area contributed by atoms with Crippen molar-refractivity contribution in [3.63, 3.8) is 0 Å². The molecule has 1 saturated heterocycles. The normalized spacial score (nSPS) is 16.3. The zero-order valence-electron chi connectivity index (χ0n) is 16.9. The Balaban J connectivity index is 1.50. The van der Waals surface area contributed by atoms with Gasteiger partial charge in [0.2, 0.25) is 6.41 Å². The molecule has 6 heteroatoms. The van der Waals surface area contributed by atoms with Crippen LogP contribution in [0.4, 0.5) is 11.6 Å². The van der Waals surface area contributed by atoms with Crippen LogP contribution in [0.5, 0.6) is 0 Å². The quantitative estimate of drug-likeness (QED) is 0.632. The van der Waals surface area contributed by atoms with Crippen LogP contribution in [-0.4, -0.2) is 54.0 Å². The third-order valence-electron chi connectivity index (χ3n) is 5.97. The van der Waals surface area contributed by atoms with Gasteiger partial charge in [0.05, 0.1) is 0 Å². The second-order valence-corrected chi connectivity index (χ2v) is 7.84. The summed E-state index contributed by atoms with van der Waals surface area (Å²) in [6.45, 7) is 4.82. The Labute approximate surface area is 176 Å². The molecule has 1 aromatic heterocycles. The highest BCUT2D eigenvalue weighted by Gasteiger charge is 2.22. The van der Waals surface area contributed by atoms with Gasteiger partial charge in [0.15, 0.2) is 5.82 Å². The summed E-state index contributed by atoms with van der Waals surface area (Å²) in [4.78, 5) is 27.4. The number of piperazine rings is 1. The molecule has 2 aromatic carbocycles. The Morgan fingerprint density at radius 2 is 1.40 bits per heavy atom. The van der Waals surface area contributed by atoms with Gasteiger partial charge in [0, 0.05) is 50.9 Å². The van der Waals surface area contributed by atoms with Gasteiger partial charge in [-0.15, -0.1) is 0 Å². The molecule has 0 atom stereocenters. The highest BCUT2D eigenvalue weighted by Crippen LogP contribution is 2.28. The summed E-state index contributed by atoms with van der Waals surface area (Å²) < 4.78 is 0. The highest BCUT2D eigenvalue weighted by atomic mass is 16.1. The van der Waals surface area contributed by atoms with Crippen molar-refractivity contribution < 1.29 is 4.79 Å². The van der Waals surface area contributed by atoms with E-state index >= 15 is 0 Å². The summed E-state index contributed by atoms with van der Waals surface area (Å²) in [5.41, 5.74) is 3.81. The van der Waals surface area contributed by atoms with Crippen molar-refractivity contribution in [1.82, 2.24) is 14.9 Å². The Kier molecular flexibility index (Phi) is 5.05. The maximum absolute atomic E-state index is 11.1. The molecule has 5 rings (SSSR count). The van der Waals surface area contributed by atoms with E-state index in [0.29, 0.717) is 0 Å². The zero-order valence-corrected chi connectivity index (χ0v) is 16.9. The van der Waals surface area contributed by atoms with Crippen molar-refractivity contribution in [3.05, 3.63) is 71.8 Å². The van der Waals surface area contributed by atoms with Gasteiger partial charge in [-0.1, -0.05) is 54.6 Å². The number of amides is 1. The van der Waals surface area contributed by atoms with Gasteiger partial charge in [0.1, 0.15) is 11.6 Å². The van der Waals surface area contributed by atoms with Crippen molar-refractivity contribution in [2.45, 2.75) is 13.0 Å². The third kappa shape index (κ3) is 3.73. The van der Waals surface area contributed by atoms with Crippen molar-refractivity contribution in [1.29, 1.82) is 0 Å². The average molecular weight is 399 g/mol. The monoisotopic (exact) mass is 399 g/mol. The van der Waals surface area contributed by atoms with Crippen LogP contribution in [0.3, 0.4) is 0 Å². The summed E-state index contributed by atoms with van der Waals surface area (Å²) in [6, 6.07) is 20.9. The minimum absolute atomic E-state index is 0.723. The minimum atomic E-state index is 0.723. The first-order valence-electron chi connectivity index (χ1n) is 10.5. The van der Waals surface area contributed by atoms with E-state index in [1.54, 1.807) is 0 Å². The lowest BCUT2D eigenvalue weighted by Gasteiger charge is -2.35. The largest absolute Gasteiger partial charge is 0.353 e. The predicted octanol–water partition coefficient (Wildman–Crippen LogP) is 2.98. The highest BCUT2D eigenvalue weighted by molar-refractivity contribution is 5.63. The molecule has 0 spiro atoms. The van der Waals surface area contributed by atoms with E-state index in [-0.39, 0.29) is 0 Å². The average Bonchev–Trinajstić information content (AvgIpc) is 2.84.